The number of ether oxygens (including phenoxy) is 1. The number of nitrogens with one attached hydrogen (secondary N) is 1. The highest BCUT2D eigenvalue weighted by Gasteiger charge is 2.24. The molecule has 1 N–H and O–H groups in total. The molecule has 2 aromatic carbocycles. The first-order valence-corrected chi connectivity index (χ1v) is 12.5. The Bertz CT molecular complexity index is 1340. The predicted molar refractivity (Wildman–Crippen MR) is 130 cm³/mol. The number of rotatable bonds is 8. The van der Waals surface area contributed by atoms with Crippen LogP contribution in [0.2, 0.25) is 0 Å². The lowest BCUT2D eigenvalue weighted by atomic mass is 10.1. The number of carbonyl (C=O) groups is 1. The molecule has 0 atom stereocenters. The van der Waals surface area contributed by atoms with Crippen molar-refractivity contribution in [1.82, 2.24) is 14.6 Å². The van der Waals surface area contributed by atoms with Gasteiger partial charge < -0.3 is 14.5 Å². The van der Waals surface area contributed by atoms with Crippen LogP contribution in [-0.4, -0.2) is 69.0 Å². The molecule has 3 aromatic rings. The summed E-state index contributed by atoms with van der Waals surface area (Å²) in [6.45, 7) is 2.03. The zero-order valence-electron chi connectivity index (χ0n) is 19.1. The standard InChI is InChI=1S/C23H25N5O6S/c1-34-17-2-4-18(5-3-17)35(32,33)25-11-9-23(29)27-14-12-26(13-15-27)21-6-7-22(28(30)31)20-16-24-10-8-19(20)21/h2-8,10,16,25H,9,11-15H2,1H3. The van der Waals surface area contributed by atoms with Crippen LogP contribution in [0.1, 0.15) is 6.42 Å². The average molecular weight is 500 g/mol. The average Bonchev–Trinajstić information content (AvgIpc) is 2.88. The van der Waals surface area contributed by atoms with Gasteiger partial charge in [-0.25, -0.2) is 13.1 Å². The van der Waals surface area contributed by atoms with Crippen LogP contribution in [0.5, 0.6) is 5.75 Å². The summed E-state index contributed by atoms with van der Waals surface area (Å²) in [6, 6.07) is 11.0. The summed E-state index contributed by atoms with van der Waals surface area (Å²) in [5.74, 6) is 0.413. The minimum atomic E-state index is -3.72. The van der Waals surface area contributed by atoms with E-state index in [1.54, 1.807) is 35.4 Å². The number of benzene rings is 2. The fourth-order valence-corrected chi connectivity index (χ4v) is 5.11. The van der Waals surface area contributed by atoms with E-state index < -0.39 is 14.9 Å². The normalized spacial score (nSPS) is 14.2. The number of nitro benzene ring substituents is 1. The van der Waals surface area contributed by atoms with Gasteiger partial charge in [0.05, 0.1) is 22.3 Å². The van der Waals surface area contributed by atoms with Gasteiger partial charge in [-0.2, -0.15) is 0 Å². The minimum Gasteiger partial charge on any atom is -0.497 e. The molecule has 11 nitrogen and oxygen atoms in total. The highest BCUT2D eigenvalue weighted by atomic mass is 32.2. The van der Waals surface area contributed by atoms with Crippen molar-refractivity contribution in [2.45, 2.75) is 11.3 Å². The molecule has 1 amide bonds. The molecule has 0 bridgehead atoms. The Kier molecular flexibility index (Phi) is 7.12. The van der Waals surface area contributed by atoms with Gasteiger partial charge in [-0.1, -0.05) is 0 Å². The molecule has 0 unspecified atom stereocenters. The van der Waals surface area contributed by atoms with Crippen LogP contribution < -0.4 is 14.4 Å². The second kappa shape index (κ2) is 10.2. The van der Waals surface area contributed by atoms with E-state index in [0.717, 1.165) is 11.1 Å². The number of carbonyl (C=O) groups excluding carboxylic acids is 1. The van der Waals surface area contributed by atoms with Crippen molar-refractivity contribution in [2.75, 3.05) is 44.7 Å². The van der Waals surface area contributed by atoms with Crippen LogP contribution in [-0.2, 0) is 14.8 Å². The number of fused-ring (bicyclic) bond motifs is 1. The fraction of sp³-hybridized carbons (Fsp3) is 0.304. The first-order valence-electron chi connectivity index (χ1n) is 11.0. The van der Waals surface area contributed by atoms with Crippen LogP contribution in [0.4, 0.5) is 11.4 Å². The molecule has 0 radical (unpaired) electrons. The maximum atomic E-state index is 12.7. The van der Waals surface area contributed by atoms with Gasteiger partial charge in [0.1, 0.15) is 5.75 Å². The lowest BCUT2D eigenvalue weighted by Crippen LogP contribution is -2.49. The Morgan fingerprint density at radius 2 is 1.80 bits per heavy atom. The molecule has 2 heterocycles. The monoisotopic (exact) mass is 499 g/mol. The molecule has 0 saturated carbocycles. The van der Waals surface area contributed by atoms with E-state index in [2.05, 4.69) is 14.6 Å². The summed E-state index contributed by atoms with van der Waals surface area (Å²) >= 11 is 0. The van der Waals surface area contributed by atoms with Gasteiger partial charge in [-0.3, -0.25) is 19.9 Å². The van der Waals surface area contributed by atoms with E-state index in [1.807, 2.05) is 0 Å². The van der Waals surface area contributed by atoms with Crippen LogP contribution in [0.15, 0.2) is 59.8 Å². The van der Waals surface area contributed by atoms with Crippen LogP contribution >= 0.6 is 0 Å². The largest absolute Gasteiger partial charge is 0.497 e. The molecule has 184 valence electrons. The molecule has 1 aromatic heterocycles. The molecular formula is C23H25N5O6S. The van der Waals surface area contributed by atoms with Gasteiger partial charge in [0.2, 0.25) is 15.9 Å². The summed E-state index contributed by atoms with van der Waals surface area (Å²) < 4.78 is 32.4. The summed E-state index contributed by atoms with van der Waals surface area (Å²) in [4.78, 5) is 31.5. The summed E-state index contributed by atoms with van der Waals surface area (Å²) in [7, 11) is -2.23. The number of aromatic nitrogens is 1. The third-order valence-corrected chi connectivity index (χ3v) is 7.42. The zero-order chi connectivity index (χ0) is 25.0. The van der Waals surface area contributed by atoms with Gasteiger partial charge in [0, 0.05) is 68.7 Å². The number of non-ortho nitro benzene ring substituents is 1. The number of sulfonamides is 1. The maximum Gasteiger partial charge on any atom is 0.278 e. The molecule has 35 heavy (non-hydrogen) atoms. The molecular weight excluding hydrogens is 474 g/mol. The number of anilines is 1. The Morgan fingerprint density at radius 3 is 2.46 bits per heavy atom. The fourth-order valence-electron chi connectivity index (χ4n) is 4.08. The zero-order valence-corrected chi connectivity index (χ0v) is 19.9. The highest BCUT2D eigenvalue weighted by Crippen LogP contribution is 2.33. The molecule has 1 saturated heterocycles. The van der Waals surface area contributed by atoms with E-state index in [4.69, 9.17) is 4.74 Å². The SMILES string of the molecule is COc1ccc(S(=O)(=O)NCCC(=O)N2CCN(c3ccc([N+](=O)[O-])c4cnccc34)CC2)cc1. The number of piperazine rings is 1. The molecule has 0 spiro atoms. The van der Waals surface area contributed by atoms with E-state index in [1.165, 1.54) is 31.5 Å². The smallest absolute Gasteiger partial charge is 0.278 e. The van der Waals surface area contributed by atoms with Gasteiger partial charge in [-0.05, 0) is 36.4 Å². The number of nitrogens with zero attached hydrogens (tertiary/aromatic N) is 4. The third-order valence-electron chi connectivity index (χ3n) is 5.94. The predicted octanol–water partition coefficient (Wildman–Crippen LogP) is 2.17. The summed E-state index contributed by atoms with van der Waals surface area (Å²) in [5, 5.41) is 12.6. The van der Waals surface area contributed by atoms with Gasteiger partial charge in [-0.15, -0.1) is 0 Å². The van der Waals surface area contributed by atoms with Crippen molar-refractivity contribution in [3.8, 4) is 5.75 Å². The second-order valence-electron chi connectivity index (χ2n) is 7.97. The Labute approximate surface area is 202 Å². The number of methoxy groups -OCH3 is 1. The first kappa shape index (κ1) is 24.4. The van der Waals surface area contributed by atoms with Gasteiger partial charge in [0.25, 0.3) is 5.69 Å². The van der Waals surface area contributed by atoms with Gasteiger partial charge in [0.15, 0.2) is 0 Å². The van der Waals surface area contributed by atoms with Crippen molar-refractivity contribution in [2.24, 2.45) is 0 Å². The van der Waals surface area contributed by atoms with E-state index >= 15 is 0 Å². The second-order valence-corrected chi connectivity index (χ2v) is 9.74. The third kappa shape index (κ3) is 5.33. The molecule has 0 aliphatic carbocycles. The Balaban J connectivity index is 1.33. The number of amides is 1. The minimum absolute atomic E-state index is 0.00255. The summed E-state index contributed by atoms with van der Waals surface area (Å²) in [6.07, 6.45) is 3.13. The molecule has 1 aliphatic rings. The van der Waals surface area contributed by atoms with Crippen LogP contribution in [0.25, 0.3) is 10.8 Å². The van der Waals surface area contributed by atoms with E-state index in [-0.39, 0.29) is 29.5 Å². The Hall–Kier alpha value is -3.77. The number of pyridine rings is 1. The van der Waals surface area contributed by atoms with Crippen molar-refractivity contribution in [3.63, 3.8) is 0 Å². The van der Waals surface area contributed by atoms with Crippen molar-refractivity contribution in [1.29, 1.82) is 0 Å². The highest BCUT2D eigenvalue weighted by molar-refractivity contribution is 7.89. The molecule has 1 aliphatic heterocycles. The quantitative estimate of drug-likeness (QED) is 0.368. The topological polar surface area (TPSA) is 135 Å². The van der Waals surface area contributed by atoms with Crippen molar-refractivity contribution in [3.05, 3.63) is 65.0 Å². The van der Waals surface area contributed by atoms with Crippen molar-refractivity contribution < 1.29 is 22.9 Å². The first-order chi connectivity index (χ1) is 16.8. The number of hydrogen-bond acceptors (Lipinski definition) is 8. The number of hydrogen-bond donors (Lipinski definition) is 1. The molecule has 1 fully saturated rings. The molecule has 12 heteroatoms. The summed E-state index contributed by atoms with van der Waals surface area (Å²) in [5.41, 5.74) is 0.857. The van der Waals surface area contributed by atoms with Crippen molar-refractivity contribution >= 4 is 38.1 Å². The maximum absolute atomic E-state index is 12.7. The van der Waals surface area contributed by atoms with Gasteiger partial charge >= 0.3 is 0 Å². The lowest BCUT2D eigenvalue weighted by molar-refractivity contribution is -0.383. The van der Waals surface area contributed by atoms with E-state index in [0.29, 0.717) is 37.3 Å². The van der Waals surface area contributed by atoms with Crippen LogP contribution in [0.3, 0.4) is 0 Å². The van der Waals surface area contributed by atoms with E-state index in [9.17, 15) is 23.3 Å². The lowest BCUT2D eigenvalue weighted by Gasteiger charge is -2.36. The molecule has 4 rings (SSSR count). The Morgan fingerprint density at radius 1 is 1.09 bits per heavy atom. The number of nitro groups is 1. The van der Waals surface area contributed by atoms with Crippen LogP contribution in [0, 0.1) is 10.1 Å².